The molecule has 0 saturated heterocycles. The predicted molar refractivity (Wildman–Crippen MR) is 113 cm³/mol. The van der Waals surface area contributed by atoms with E-state index in [2.05, 4.69) is 0 Å². The Bertz CT molecular complexity index is 780. The molecule has 0 heterocycles. The first-order valence-electron chi connectivity index (χ1n) is 10.2. The third kappa shape index (κ3) is 6.78. The molecule has 0 radical (unpaired) electrons. The lowest BCUT2D eigenvalue weighted by Gasteiger charge is -2.35. The molecule has 0 spiro atoms. The molecular weight excluding hydrogens is 384 g/mol. The van der Waals surface area contributed by atoms with Gasteiger partial charge in [0.1, 0.15) is 0 Å². The van der Waals surface area contributed by atoms with Crippen molar-refractivity contribution in [3.05, 3.63) is 35.9 Å². The molecule has 1 aromatic carbocycles. The SMILES string of the molecule is CC(C)C(CC(=O)OC(=O)C(C)(C)C)(Cc1ccccc1)C(=O)OC(=O)C(C)(C)C. The van der Waals surface area contributed by atoms with Crippen LogP contribution in [-0.2, 0) is 35.1 Å². The zero-order valence-electron chi connectivity index (χ0n) is 19.3. The molecule has 0 amide bonds. The summed E-state index contributed by atoms with van der Waals surface area (Å²) in [6, 6.07) is 9.17. The van der Waals surface area contributed by atoms with Crippen LogP contribution >= 0.6 is 0 Å². The molecule has 0 N–H and O–H groups in total. The summed E-state index contributed by atoms with van der Waals surface area (Å²) in [5.74, 6) is -3.33. The van der Waals surface area contributed by atoms with Gasteiger partial charge in [-0.3, -0.25) is 19.2 Å². The standard InChI is InChI=1S/C24H34O6/c1-16(2)24(14-17-12-10-9-11-13-17,21(28)30-20(27)23(6,7)8)15-18(25)29-19(26)22(3,4)5/h9-13,16H,14-15H2,1-8H3. The molecule has 1 atom stereocenters. The van der Waals surface area contributed by atoms with E-state index in [1.807, 2.05) is 30.3 Å². The van der Waals surface area contributed by atoms with Crippen LogP contribution in [0, 0.1) is 22.2 Å². The summed E-state index contributed by atoms with van der Waals surface area (Å²) in [6.07, 6.45) is -0.210. The minimum atomic E-state index is -1.36. The van der Waals surface area contributed by atoms with Crippen LogP contribution in [0.3, 0.4) is 0 Å². The smallest absolute Gasteiger partial charge is 0.320 e. The van der Waals surface area contributed by atoms with E-state index in [9.17, 15) is 19.2 Å². The number of hydrogen-bond donors (Lipinski definition) is 0. The highest BCUT2D eigenvalue weighted by atomic mass is 16.6. The maximum atomic E-state index is 13.3. The van der Waals surface area contributed by atoms with Gasteiger partial charge in [0.15, 0.2) is 0 Å². The maximum absolute atomic E-state index is 13.3. The Labute approximate surface area is 179 Å². The lowest BCUT2D eigenvalue weighted by atomic mass is 9.70. The average Bonchev–Trinajstić information content (AvgIpc) is 2.59. The van der Waals surface area contributed by atoms with Gasteiger partial charge in [-0.05, 0) is 59.4 Å². The second-order valence-corrected chi connectivity index (χ2v) is 10.1. The summed E-state index contributed by atoms with van der Waals surface area (Å²) in [5.41, 5.74) is -2.30. The number of carbonyl (C=O) groups is 4. The quantitative estimate of drug-likeness (QED) is 0.500. The van der Waals surface area contributed by atoms with Crippen molar-refractivity contribution in [1.29, 1.82) is 0 Å². The second-order valence-electron chi connectivity index (χ2n) is 10.1. The van der Waals surface area contributed by atoms with Crippen LogP contribution in [0.15, 0.2) is 30.3 Å². The Kier molecular flexibility index (Phi) is 8.12. The minimum Gasteiger partial charge on any atom is -0.393 e. The lowest BCUT2D eigenvalue weighted by molar-refractivity contribution is -0.180. The van der Waals surface area contributed by atoms with Gasteiger partial charge in [0.05, 0.1) is 22.7 Å². The van der Waals surface area contributed by atoms with Crippen molar-refractivity contribution in [2.75, 3.05) is 0 Å². The van der Waals surface area contributed by atoms with Gasteiger partial charge in [-0.15, -0.1) is 0 Å². The Balaban J connectivity index is 3.30. The number of rotatable bonds is 6. The topological polar surface area (TPSA) is 86.7 Å². The average molecular weight is 419 g/mol. The van der Waals surface area contributed by atoms with E-state index in [1.165, 1.54) is 0 Å². The molecule has 166 valence electrons. The van der Waals surface area contributed by atoms with Crippen LogP contribution in [0.2, 0.25) is 0 Å². The summed E-state index contributed by atoms with van der Waals surface area (Å²) >= 11 is 0. The number of carbonyl (C=O) groups excluding carboxylic acids is 4. The van der Waals surface area contributed by atoms with Crippen molar-refractivity contribution < 1.29 is 28.7 Å². The third-order valence-electron chi connectivity index (χ3n) is 4.95. The van der Waals surface area contributed by atoms with Crippen molar-refractivity contribution >= 4 is 23.9 Å². The Hall–Kier alpha value is -2.50. The minimum absolute atomic E-state index is 0.167. The molecule has 0 aliphatic rings. The summed E-state index contributed by atoms with van der Waals surface area (Å²) in [4.78, 5) is 50.4. The highest BCUT2D eigenvalue weighted by Crippen LogP contribution is 2.38. The van der Waals surface area contributed by atoms with E-state index in [0.29, 0.717) is 0 Å². The van der Waals surface area contributed by atoms with E-state index in [-0.39, 0.29) is 18.8 Å². The van der Waals surface area contributed by atoms with Crippen LogP contribution in [0.4, 0.5) is 0 Å². The number of benzene rings is 1. The first-order valence-corrected chi connectivity index (χ1v) is 10.2. The molecule has 0 saturated carbocycles. The summed E-state index contributed by atoms with van der Waals surface area (Å²) < 4.78 is 10.2. The van der Waals surface area contributed by atoms with Gasteiger partial charge in [0.25, 0.3) is 0 Å². The molecule has 6 nitrogen and oxygen atoms in total. The zero-order chi connectivity index (χ0) is 23.3. The van der Waals surface area contributed by atoms with Crippen molar-refractivity contribution in [3.63, 3.8) is 0 Å². The largest absolute Gasteiger partial charge is 0.393 e. The molecule has 6 heteroatoms. The van der Waals surface area contributed by atoms with Crippen LogP contribution in [-0.4, -0.2) is 23.9 Å². The maximum Gasteiger partial charge on any atom is 0.320 e. The Morgan fingerprint density at radius 1 is 0.767 bits per heavy atom. The molecule has 1 unspecified atom stereocenters. The fraction of sp³-hybridized carbons (Fsp3) is 0.583. The van der Waals surface area contributed by atoms with Gasteiger partial charge in [0.2, 0.25) is 0 Å². The van der Waals surface area contributed by atoms with Crippen LogP contribution in [0.1, 0.15) is 67.4 Å². The summed E-state index contributed by atoms with van der Waals surface area (Å²) in [6.45, 7) is 13.4. The van der Waals surface area contributed by atoms with Gasteiger partial charge in [-0.1, -0.05) is 44.2 Å². The predicted octanol–water partition coefficient (Wildman–Crippen LogP) is 4.49. The van der Waals surface area contributed by atoms with E-state index < -0.39 is 40.1 Å². The first-order chi connectivity index (χ1) is 13.6. The van der Waals surface area contributed by atoms with E-state index in [1.54, 1.807) is 55.4 Å². The molecule has 0 bridgehead atoms. The number of esters is 4. The van der Waals surface area contributed by atoms with Crippen molar-refractivity contribution in [1.82, 2.24) is 0 Å². The van der Waals surface area contributed by atoms with Gasteiger partial charge in [-0.25, -0.2) is 0 Å². The van der Waals surface area contributed by atoms with Crippen molar-refractivity contribution in [2.24, 2.45) is 22.2 Å². The molecule has 0 aliphatic heterocycles. The molecule has 0 fully saturated rings. The van der Waals surface area contributed by atoms with Gasteiger partial charge >= 0.3 is 23.9 Å². The fourth-order valence-corrected chi connectivity index (χ4v) is 2.70. The molecular formula is C24H34O6. The van der Waals surface area contributed by atoms with Crippen LogP contribution in [0.25, 0.3) is 0 Å². The lowest BCUT2D eigenvalue weighted by Crippen LogP contribution is -2.45. The molecule has 1 aromatic rings. The number of hydrogen-bond acceptors (Lipinski definition) is 6. The molecule has 0 aliphatic carbocycles. The van der Waals surface area contributed by atoms with E-state index in [0.717, 1.165) is 5.56 Å². The first kappa shape index (κ1) is 25.5. The van der Waals surface area contributed by atoms with Gasteiger partial charge in [-0.2, -0.15) is 0 Å². The van der Waals surface area contributed by atoms with Crippen molar-refractivity contribution in [3.8, 4) is 0 Å². The van der Waals surface area contributed by atoms with E-state index in [4.69, 9.17) is 9.47 Å². The summed E-state index contributed by atoms with van der Waals surface area (Å²) in [7, 11) is 0. The van der Waals surface area contributed by atoms with Crippen LogP contribution < -0.4 is 0 Å². The fourth-order valence-electron chi connectivity index (χ4n) is 2.70. The monoisotopic (exact) mass is 418 g/mol. The second kappa shape index (κ2) is 9.54. The van der Waals surface area contributed by atoms with Gasteiger partial charge in [0, 0.05) is 0 Å². The molecule has 1 rings (SSSR count). The molecule has 30 heavy (non-hydrogen) atoms. The summed E-state index contributed by atoms with van der Waals surface area (Å²) in [5, 5.41) is 0. The Morgan fingerprint density at radius 3 is 1.67 bits per heavy atom. The van der Waals surface area contributed by atoms with Gasteiger partial charge < -0.3 is 9.47 Å². The van der Waals surface area contributed by atoms with Crippen molar-refractivity contribution in [2.45, 2.75) is 68.2 Å². The normalized spacial score (nSPS) is 14.0. The van der Waals surface area contributed by atoms with E-state index >= 15 is 0 Å². The Morgan fingerprint density at radius 2 is 1.23 bits per heavy atom. The zero-order valence-corrected chi connectivity index (χ0v) is 19.3. The van der Waals surface area contributed by atoms with Crippen LogP contribution in [0.5, 0.6) is 0 Å². The molecule has 0 aromatic heterocycles. The third-order valence-corrected chi connectivity index (χ3v) is 4.95. The highest BCUT2D eigenvalue weighted by Gasteiger charge is 2.47. The number of ether oxygens (including phenoxy) is 2. The highest BCUT2D eigenvalue weighted by molar-refractivity contribution is 5.95.